The molecular weight excluding hydrogens is 491 g/mol. The highest BCUT2D eigenvalue weighted by molar-refractivity contribution is 5.98. The molecule has 0 radical (unpaired) electrons. The first-order chi connectivity index (χ1) is 18.9. The van der Waals surface area contributed by atoms with Gasteiger partial charge in [0.1, 0.15) is 11.5 Å². The topological polar surface area (TPSA) is 99.3 Å². The Bertz CT molecular complexity index is 1800. The Balaban J connectivity index is 1.33. The van der Waals surface area contributed by atoms with Gasteiger partial charge in [-0.15, -0.1) is 0 Å². The molecule has 3 aromatic carbocycles. The van der Waals surface area contributed by atoms with Crippen LogP contribution in [-0.4, -0.2) is 31.1 Å². The number of carbonyl (C=O) groups excluding carboxylic acids is 1. The maximum Gasteiger partial charge on any atom is 0.220 e. The molecule has 8 heteroatoms. The van der Waals surface area contributed by atoms with Crippen LogP contribution in [0.5, 0.6) is 0 Å². The first-order valence-corrected chi connectivity index (χ1v) is 12.9. The van der Waals surface area contributed by atoms with Crippen molar-refractivity contribution in [2.24, 2.45) is 5.92 Å². The minimum absolute atomic E-state index is 0.0354. The highest BCUT2D eigenvalue weighted by atomic mass is 19.1. The van der Waals surface area contributed by atoms with E-state index in [0.717, 1.165) is 49.8 Å². The predicted molar refractivity (Wildman–Crippen MR) is 151 cm³/mol. The number of fused-ring (bicyclic) bond motifs is 2. The number of pyridine rings is 1. The van der Waals surface area contributed by atoms with E-state index in [1.807, 2.05) is 56.4 Å². The van der Waals surface area contributed by atoms with Crippen LogP contribution < -0.4 is 5.32 Å². The number of aromatic nitrogens is 5. The Morgan fingerprint density at radius 2 is 1.77 bits per heavy atom. The van der Waals surface area contributed by atoms with Gasteiger partial charge < -0.3 is 10.3 Å². The smallest absolute Gasteiger partial charge is 0.220 e. The molecule has 0 spiro atoms. The van der Waals surface area contributed by atoms with Gasteiger partial charge in [0.05, 0.1) is 16.6 Å². The monoisotopic (exact) mass is 518 g/mol. The third-order valence-corrected chi connectivity index (χ3v) is 6.67. The zero-order valence-electron chi connectivity index (χ0n) is 21.6. The van der Waals surface area contributed by atoms with E-state index < -0.39 is 0 Å². The van der Waals surface area contributed by atoms with Crippen LogP contribution >= 0.6 is 0 Å². The van der Waals surface area contributed by atoms with E-state index in [-0.39, 0.29) is 11.7 Å². The molecule has 1 amide bonds. The van der Waals surface area contributed by atoms with Gasteiger partial charge in [0.2, 0.25) is 5.91 Å². The summed E-state index contributed by atoms with van der Waals surface area (Å²) in [6.07, 6.45) is 4.09. The summed E-state index contributed by atoms with van der Waals surface area (Å²) in [5.74, 6) is 0.714. The molecule has 3 aromatic heterocycles. The Morgan fingerprint density at radius 3 is 2.59 bits per heavy atom. The van der Waals surface area contributed by atoms with Gasteiger partial charge in [-0.05, 0) is 59.0 Å². The summed E-state index contributed by atoms with van der Waals surface area (Å²) >= 11 is 0. The number of nitrogens with zero attached hydrogens (tertiary/aromatic N) is 3. The lowest BCUT2D eigenvalue weighted by Gasteiger charge is -2.08. The largest absolute Gasteiger partial charge is 0.352 e. The molecule has 0 aliphatic heterocycles. The second-order valence-electron chi connectivity index (χ2n) is 10.1. The van der Waals surface area contributed by atoms with Gasteiger partial charge in [0.25, 0.3) is 0 Å². The van der Waals surface area contributed by atoms with Gasteiger partial charge in [0.15, 0.2) is 5.82 Å². The molecule has 0 aliphatic carbocycles. The fraction of sp³-hybridized carbons (Fsp3) is 0.161. The van der Waals surface area contributed by atoms with Crippen molar-refractivity contribution in [1.29, 1.82) is 0 Å². The fourth-order valence-corrected chi connectivity index (χ4v) is 4.77. The molecule has 0 unspecified atom stereocenters. The number of hydrogen-bond acceptors (Lipinski definition) is 4. The molecule has 0 aliphatic rings. The molecule has 0 bridgehead atoms. The fourth-order valence-electron chi connectivity index (χ4n) is 4.77. The summed E-state index contributed by atoms with van der Waals surface area (Å²) in [4.78, 5) is 24.8. The van der Waals surface area contributed by atoms with Crippen LogP contribution in [0.15, 0.2) is 79.1 Å². The summed E-state index contributed by atoms with van der Waals surface area (Å²) < 4.78 is 13.5. The predicted octanol–water partition coefficient (Wildman–Crippen LogP) is 6.64. The van der Waals surface area contributed by atoms with E-state index in [1.54, 1.807) is 18.3 Å². The number of benzene rings is 3. The van der Waals surface area contributed by atoms with E-state index in [4.69, 9.17) is 4.98 Å². The lowest BCUT2D eigenvalue weighted by molar-refractivity contribution is -0.121. The second-order valence-corrected chi connectivity index (χ2v) is 10.1. The molecule has 39 heavy (non-hydrogen) atoms. The van der Waals surface area contributed by atoms with Crippen LogP contribution in [0.4, 0.5) is 4.39 Å². The van der Waals surface area contributed by atoms with Gasteiger partial charge in [-0.25, -0.2) is 9.37 Å². The number of imidazole rings is 1. The Hall–Kier alpha value is -4.85. The normalized spacial score (nSPS) is 11.5. The van der Waals surface area contributed by atoms with Crippen LogP contribution in [-0.2, 0) is 11.3 Å². The van der Waals surface area contributed by atoms with Crippen molar-refractivity contribution in [3.05, 3.63) is 90.5 Å². The van der Waals surface area contributed by atoms with Gasteiger partial charge in [-0.3, -0.25) is 14.9 Å². The highest BCUT2D eigenvalue weighted by Crippen LogP contribution is 2.33. The molecule has 0 fully saturated rings. The minimum atomic E-state index is -0.274. The van der Waals surface area contributed by atoms with Crippen LogP contribution in [0.1, 0.15) is 25.8 Å². The molecule has 0 saturated carbocycles. The van der Waals surface area contributed by atoms with Crippen molar-refractivity contribution < 1.29 is 9.18 Å². The number of carbonyl (C=O) groups is 1. The Labute approximate surface area is 224 Å². The van der Waals surface area contributed by atoms with Crippen molar-refractivity contribution in [2.45, 2.75) is 26.8 Å². The summed E-state index contributed by atoms with van der Waals surface area (Å²) in [5.41, 5.74) is 7.93. The SMILES string of the molecule is CC(C)CC(=O)NCc1cncc(-c2ccc3[nH]nc(-c4nc5c(-c6ccc(F)cc6)cccc5[nH]4)c3c2)c1. The van der Waals surface area contributed by atoms with Gasteiger partial charge in [-0.1, -0.05) is 44.2 Å². The zero-order chi connectivity index (χ0) is 26.9. The Kier molecular flexibility index (Phi) is 6.36. The van der Waals surface area contributed by atoms with Crippen LogP contribution in [0.2, 0.25) is 0 Å². The first-order valence-electron chi connectivity index (χ1n) is 12.9. The molecule has 194 valence electrons. The molecule has 0 saturated heterocycles. The number of halogens is 1. The van der Waals surface area contributed by atoms with Crippen molar-refractivity contribution in [3.8, 4) is 33.8 Å². The van der Waals surface area contributed by atoms with Crippen molar-refractivity contribution in [2.75, 3.05) is 0 Å². The number of amides is 1. The third-order valence-electron chi connectivity index (χ3n) is 6.67. The summed E-state index contributed by atoms with van der Waals surface area (Å²) in [7, 11) is 0. The van der Waals surface area contributed by atoms with E-state index >= 15 is 0 Å². The number of rotatable bonds is 7. The van der Waals surface area contributed by atoms with Crippen molar-refractivity contribution >= 4 is 27.8 Å². The maximum absolute atomic E-state index is 13.5. The van der Waals surface area contributed by atoms with Crippen molar-refractivity contribution in [3.63, 3.8) is 0 Å². The maximum atomic E-state index is 13.5. The number of para-hydroxylation sites is 1. The minimum Gasteiger partial charge on any atom is -0.352 e. The average molecular weight is 519 g/mol. The standard InChI is InChI=1S/C31H27FN6O/c1-18(2)12-28(39)34-16-19-13-22(17-33-15-19)21-8-11-26-25(14-21)30(38-37-26)31-35-27-5-3-4-24(29(27)36-31)20-6-9-23(32)10-7-20/h3-11,13-15,17-18H,12,16H2,1-2H3,(H,34,39)(H,35,36)(H,37,38). The van der Waals surface area contributed by atoms with Crippen LogP contribution in [0, 0.1) is 11.7 Å². The van der Waals surface area contributed by atoms with E-state index in [0.29, 0.717) is 30.4 Å². The van der Waals surface area contributed by atoms with Gasteiger partial charge in [-0.2, -0.15) is 5.10 Å². The van der Waals surface area contributed by atoms with E-state index in [9.17, 15) is 9.18 Å². The van der Waals surface area contributed by atoms with Crippen molar-refractivity contribution in [1.82, 2.24) is 30.5 Å². The molecule has 0 atom stereocenters. The average Bonchev–Trinajstić information content (AvgIpc) is 3.56. The molecular formula is C31H27FN6O. The summed E-state index contributed by atoms with van der Waals surface area (Å²) in [6, 6.07) is 20.4. The number of nitrogens with one attached hydrogen (secondary N) is 3. The number of hydrogen-bond donors (Lipinski definition) is 3. The van der Waals surface area contributed by atoms with E-state index in [2.05, 4.69) is 31.5 Å². The summed E-state index contributed by atoms with van der Waals surface area (Å²) in [6.45, 7) is 4.48. The van der Waals surface area contributed by atoms with Crippen LogP contribution in [0.3, 0.4) is 0 Å². The Morgan fingerprint density at radius 1 is 0.949 bits per heavy atom. The lowest BCUT2D eigenvalue weighted by Crippen LogP contribution is -2.23. The molecule has 6 aromatic rings. The zero-order valence-corrected chi connectivity index (χ0v) is 21.6. The number of H-pyrrole nitrogens is 2. The van der Waals surface area contributed by atoms with Gasteiger partial charge >= 0.3 is 0 Å². The first kappa shape index (κ1) is 24.5. The quantitative estimate of drug-likeness (QED) is 0.221. The molecule has 3 heterocycles. The molecule has 7 nitrogen and oxygen atoms in total. The second kappa shape index (κ2) is 10.1. The van der Waals surface area contributed by atoms with E-state index in [1.165, 1.54) is 12.1 Å². The highest BCUT2D eigenvalue weighted by Gasteiger charge is 2.16. The third kappa shape index (κ3) is 5.01. The number of aromatic amines is 2. The lowest BCUT2D eigenvalue weighted by atomic mass is 10.0. The summed E-state index contributed by atoms with van der Waals surface area (Å²) in [5, 5.41) is 11.6. The molecule has 3 N–H and O–H groups in total. The van der Waals surface area contributed by atoms with Crippen LogP contribution in [0.25, 0.3) is 55.7 Å². The van der Waals surface area contributed by atoms with Gasteiger partial charge in [0, 0.05) is 41.9 Å². The molecule has 6 rings (SSSR count).